The van der Waals surface area contributed by atoms with Crippen molar-refractivity contribution in [1.82, 2.24) is 19.9 Å². The van der Waals surface area contributed by atoms with Crippen molar-refractivity contribution in [2.75, 3.05) is 0 Å². The molecule has 0 aliphatic rings. The molecule has 5 rings (SSSR count). The molecule has 2 aromatic heterocycles. The predicted octanol–water partition coefficient (Wildman–Crippen LogP) is 4.56. The molecule has 0 fully saturated rings. The minimum Gasteiger partial charge on any atom is -0.345 e. The van der Waals surface area contributed by atoms with E-state index in [1.807, 2.05) is 18.2 Å². The van der Waals surface area contributed by atoms with Gasteiger partial charge in [0, 0.05) is 24.5 Å². The molecule has 5 heteroatoms. The number of benzene rings is 3. The van der Waals surface area contributed by atoms with Crippen LogP contribution in [-0.4, -0.2) is 20.4 Å². The fraction of sp³-hybridized carbons (Fsp3) is 0.0800. The second-order valence-corrected chi connectivity index (χ2v) is 7.20. The number of amides is 1. The van der Waals surface area contributed by atoms with Gasteiger partial charge in [-0.2, -0.15) is 0 Å². The molecule has 2 heterocycles. The number of nitrogens with one attached hydrogen (secondary N) is 1. The number of imidazole rings is 1. The van der Waals surface area contributed by atoms with Gasteiger partial charge in [-0.05, 0) is 46.7 Å². The molecule has 0 saturated heterocycles. The smallest absolute Gasteiger partial charge is 0.251 e. The Morgan fingerprint density at radius 2 is 1.63 bits per heavy atom. The van der Waals surface area contributed by atoms with Gasteiger partial charge in [0.05, 0.1) is 17.6 Å². The highest BCUT2D eigenvalue weighted by molar-refractivity contribution is 5.94. The quantitative estimate of drug-likeness (QED) is 0.477. The lowest BCUT2D eigenvalue weighted by molar-refractivity contribution is 0.0949. The molecule has 5 aromatic rings. The Morgan fingerprint density at radius 1 is 0.867 bits per heavy atom. The van der Waals surface area contributed by atoms with Gasteiger partial charge in [0.2, 0.25) is 0 Å². The Morgan fingerprint density at radius 3 is 2.50 bits per heavy atom. The van der Waals surface area contributed by atoms with Crippen LogP contribution in [0.15, 0.2) is 91.3 Å². The Hall–Kier alpha value is -3.99. The van der Waals surface area contributed by atoms with Gasteiger partial charge >= 0.3 is 0 Å². The van der Waals surface area contributed by atoms with Crippen molar-refractivity contribution in [1.29, 1.82) is 0 Å². The summed E-state index contributed by atoms with van der Waals surface area (Å²) in [6, 6.07) is 26.3. The first-order valence-corrected chi connectivity index (χ1v) is 9.88. The number of hydrogen-bond acceptors (Lipinski definition) is 3. The van der Waals surface area contributed by atoms with Gasteiger partial charge in [0.1, 0.15) is 5.82 Å². The van der Waals surface area contributed by atoms with Crippen LogP contribution >= 0.6 is 0 Å². The van der Waals surface area contributed by atoms with Crippen molar-refractivity contribution < 1.29 is 4.79 Å². The van der Waals surface area contributed by atoms with Gasteiger partial charge in [0.15, 0.2) is 0 Å². The van der Waals surface area contributed by atoms with Crippen molar-refractivity contribution in [3.63, 3.8) is 0 Å². The lowest BCUT2D eigenvalue weighted by Crippen LogP contribution is -2.24. The van der Waals surface area contributed by atoms with Crippen LogP contribution in [0.2, 0.25) is 0 Å². The topological polar surface area (TPSA) is 59.8 Å². The van der Waals surface area contributed by atoms with Crippen molar-refractivity contribution in [2.24, 2.45) is 0 Å². The third-order valence-electron chi connectivity index (χ3n) is 5.24. The number of fused-ring (bicyclic) bond motifs is 2. The Labute approximate surface area is 174 Å². The molecular formula is C25H20N4O. The van der Waals surface area contributed by atoms with E-state index in [9.17, 15) is 4.79 Å². The SMILES string of the molecule is O=C(NCc1nc2ccccc2n1Cc1ccc2ccccc2c1)c1ccncc1. The molecule has 3 aromatic carbocycles. The lowest BCUT2D eigenvalue weighted by atomic mass is 10.1. The summed E-state index contributed by atoms with van der Waals surface area (Å²) < 4.78 is 2.17. The molecule has 0 radical (unpaired) electrons. The van der Waals surface area contributed by atoms with Crippen molar-refractivity contribution in [3.8, 4) is 0 Å². The fourth-order valence-electron chi connectivity index (χ4n) is 3.72. The van der Waals surface area contributed by atoms with E-state index in [0.29, 0.717) is 18.7 Å². The van der Waals surface area contributed by atoms with Gasteiger partial charge in [-0.25, -0.2) is 4.98 Å². The summed E-state index contributed by atoms with van der Waals surface area (Å²) in [5.74, 6) is 0.688. The number of carbonyl (C=O) groups excluding carboxylic acids is 1. The zero-order chi connectivity index (χ0) is 20.3. The van der Waals surface area contributed by atoms with Crippen molar-refractivity contribution in [3.05, 3.63) is 108 Å². The maximum absolute atomic E-state index is 12.5. The van der Waals surface area contributed by atoms with Crippen LogP contribution in [0, 0.1) is 0 Å². The summed E-state index contributed by atoms with van der Waals surface area (Å²) in [4.78, 5) is 21.2. The van der Waals surface area contributed by atoms with Crippen LogP contribution in [-0.2, 0) is 13.1 Å². The molecular weight excluding hydrogens is 372 g/mol. The van der Waals surface area contributed by atoms with E-state index in [1.165, 1.54) is 16.3 Å². The number of rotatable bonds is 5. The number of para-hydroxylation sites is 2. The standard InChI is InChI=1S/C25H20N4O/c30-25(20-11-13-26-14-12-20)27-16-24-28-22-7-3-4-8-23(22)29(24)17-18-9-10-19-5-1-2-6-21(19)15-18/h1-15H,16-17H2,(H,27,30). The summed E-state index contributed by atoms with van der Waals surface area (Å²) in [6.07, 6.45) is 3.23. The molecule has 1 amide bonds. The monoisotopic (exact) mass is 392 g/mol. The summed E-state index contributed by atoms with van der Waals surface area (Å²) >= 11 is 0. The zero-order valence-corrected chi connectivity index (χ0v) is 16.3. The number of aromatic nitrogens is 3. The van der Waals surface area contributed by atoms with E-state index in [4.69, 9.17) is 4.98 Å². The van der Waals surface area contributed by atoms with Gasteiger partial charge in [0.25, 0.3) is 5.91 Å². The number of pyridine rings is 1. The average Bonchev–Trinajstić information content (AvgIpc) is 3.15. The number of nitrogens with zero attached hydrogens (tertiary/aromatic N) is 3. The number of hydrogen-bond donors (Lipinski definition) is 1. The third-order valence-corrected chi connectivity index (χ3v) is 5.24. The van der Waals surface area contributed by atoms with E-state index in [1.54, 1.807) is 24.5 Å². The van der Waals surface area contributed by atoms with E-state index in [2.05, 4.69) is 63.4 Å². The average molecular weight is 392 g/mol. The second-order valence-electron chi connectivity index (χ2n) is 7.20. The minimum atomic E-state index is -0.137. The molecule has 0 spiro atoms. The second kappa shape index (κ2) is 7.79. The highest BCUT2D eigenvalue weighted by Crippen LogP contribution is 2.21. The molecule has 5 nitrogen and oxygen atoms in total. The Balaban J connectivity index is 1.46. The van der Waals surface area contributed by atoms with E-state index < -0.39 is 0 Å². The Bertz CT molecular complexity index is 1340. The van der Waals surface area contributed by atoms with Gasteiger partial charge in [-0.3, -0.25) is 9.78 Å². The van der Waals surface area contributed by atoms with Crippen molar-refractivity contribution >= 4 is 27.7 Å². The van der Waals surface area contributed by atoms with E-state index >= 15 is 0 Å². The summed E-state index contributed by atoms with van der Waals surface area (Å²) in [7, 11) is 0. The van der Waals surface area contributed by atoms with Gasteiger partial charge in [-0.1, -0.05) is 48.5 Å². The largest absolute Gasteiger partial charge is 0.345 e. The maximum atomic E-state index is 12.5. The van der Waals surface area contributed by atoms with Crippen molar-refractivity contribution in [2.45, 2.75) is 13.1 Å². The first-order chi connectivity index (χ1) is 14.8. The highest BCUT2D eigenvalue weighted by Gasteiger charge is 2.13. The number of carbonyl (C=O) groups is 1. The molecule has 0 bridgehead atoms. The molecule has 0 saturated carbocycles. The third kappa shape index (κ3) is 3.53. The minimum absolute atomic E-state index is 0.137. The highest BCUT2D eigenvalue weighted by atomic mass is 16.1. The van der Waals surface area contributed by atoms with Crippen LogP contribution in [0.25, 0.3) is 21.8 Å². The Kier molecular flexibility index (Phi) is 4.69. The van der Waals surface area contributed by atoms with E-state index in [-0.39, 0.29) is 5.91 Å². The van der Waals surface area contributed by atoms with Crippen LogP contribution in [0.1, 0.15) is 21.7 Å². The molecule has 0 aliphatic carbocycles. The van der Waals surface area contributed by atoms with Crippen LogP contribution < -0.4 is 5.32 Å². The normalized spacial score (nSPS) is 11.1. The molecule has 0 unspecified atom stereocenters. The van der Waals surface area contributed by atoms with Gasteiger partial charge < -0.3 is 9.88 Å². The molecule has 0 atom stereocenters. The molecule has 146 valence electrons. The van der Waals surface area contributed by atoms with Crippen LogP contribution in [0.5, 0.6) is 0 Å². The molecule has 0 aliphatic heterocycles. The fourth-order valence-corrected chi connectivity index (χ4v) is 3.72. The molecule has 30 heavy (non-hydrogen) atoms. The van der Waals surface area contributed by atoms with Crippen LogP contribution in [0.3, 0.4) is 0 Å². The van der Waals surface area contributed by atoms with Gasteiger partial charge in [-0.15, -0.1) is 0 Å². The first kappa shape index (κ1) is 18.1. The molecule has 1 N–H and O–H groups in total. The maximum Gasteiger partial charge on any atom is 0.251 e. The predicted molar refractivity (Wildman–Crippen MR) is 118 cm³/mol. The van der Waals surface area contributed by atoms with Crippen LogP contribution in [0.4, 0.5) is 0 Å². The summed E-state index contributed by atoms with van der Waals surface area (Å²) in [5, 5.41) is 5.42. The zero-order valence-electron chi connectivity index (χ0n) is 16.3. The first-order valence-electron chi connectivity index (χ1n) is 9.88. The van der Waals surface area contributed by atoms with E-state index in [0.717, 1.165) is 16.9 Å². The lowest BCUT2D eigenvalue weighted by Gasteiger charge is -2.11. The summed E-state index contributed by atoms with van der Waals surface area (Å²) in [6.45, 7) is 1.04. The summed E-state index contributed by atoms with van der Waals surface area (Å²) in [5.41, 5.74) is 3.76.